The lowest BCUT2D eigenvalue weighted by Gasteiger charge is -2.37. The Morgan fingerprint density at radius 1 is 0.795 bits per heavy atom. The van der Waals surface area contributed by atoms with Gasteiger partial charge in [-0.05, 0) is 57.6 Å². The zero-order chi connectivity index (χ0) is 30.3. The van der Waals surface area contributed by atoms with E-state index in [9.17, 15) is 9.28 Å². The van der Waals surface area contributed by atoms with Crippen LogP contribution in [0.25, 0.3) is 11.1 Å². The number of amides is 1. The number of rotatable bonds is 4. The van der Waals surface area contributed by atoms with Crippen LogP contribution in [0.2, 0.25) is 0 Å². The van der Waals surface area contributed by atoms with Crippen molar-refractivity contribution in [2.75, 3.05) is 17.5 Å². The van der Waals surface area contributed by atoms with Crippen molar-refractivity contribution >= 4 is 17.5 Å². The third-order valence-corrected chi connectivity index (χ3v) is 8.48. The van der Waals surface area contributed by atoms with Gasteiger partial charge in [-0.1, -0.05) is 86.6 Å². The van der Waals surface area contributed by atoms with Crippen LogP contribution >= 0.6 is 0 Å². The van der Waals surface area contributed by atoms with E-state index in [0.717, 1.165) is 33.4 Å². The first kappa shape index (κ1) is 27.7. The van der Waals surface area contributed by atoms with Gasteiger partial charge in [-0.25, -0.2) is 10.3 Å². The highest BCUT2D eigenvalue weighted by molar-refractivity contribution is 5.86. The third kappa shape index (κ3) is 4.31. The second kappa shape index (κ2) is 11.2. The molecule has 1 spiro atoms. The smallest absolute Gasteiger partial charge is 0.411 e. The number of benzene rings is 5. The summed E-state index contributed by atoms with van der Waals surface area (Å²) >= 11 is 0. The van der Waals surface area contributed by atoms with Gasteiger partial charge < -0.3 is 14.2 Å². The van der Waals surface area contributed by atoms with Crippen molar-refractivity contribution in [3.05, 3.63) is 143 Å². The standard InChI is InChI=1S/C35H25FN2O4.C2H6/c36-38-23-14-16-31-33(18-23)42-32-17-22(13-15-30(32)35(31)29-12-6-1-7-21(29)19-41-35)37-34(39)40-20-28-26-10-4-2-8-24(26)25-9-3-5-11-27(25)28;1-2/h1-18,28,38H,19-20H2,(H,37,39);1-2H3. The van der Waals surface area contributed by atoms with Crippen molar-refractivity contribution in [1.29, 1.82) is 0 Å². The Kier molecular flexibility index (Phi) is 7.03. The van der Waals surface area contributed by atoms with Crippen molar-refractivity contribution in [2.24, 2.45) is 0 Å². The summed E-state index contributed by atoms with van der Waals surface area (Å²) in [7, 11) is 0. The van der Waals surface area contributed by atoms with Gasteiger partial charge in [0.25, 0.3) is 0 Å². The monoisotopic (exact) mass is 586 g/mol. The Balaban J connectivity index is 0.00000153. The Morgan fingerprint density at radius 2 is 1.39 bits per heavy atom. The average molecular weight is 587 g/mol. The summed E-state index contributed by atoms with van der Waals surface area (Å²) in [4.78, 5) is 13.0. The van der Waals surface area contributed by atoms with Crippen molar-refractivity contribution in [3.8, 4) is 22.6 Å². The number of anilines is 2. The number of ether oxygens (including phenoxy) is 3. The molecule has 2 aliphatic heterocycles. The highest BCUT2D eigenvalue weighted by Gasteiger charge is 2.49. The van der Waals surface area contributed by atoms with Crippen molar-refractivity contribution < 1.29 is 23.5 Å². The van der Waals surface area contributed by atoms with Gasteiger partial charge in [0, 0.05) is 34.9 Å². The van der Waals surface area contributed by atoms with Crippen LogP contribution in [0.4, 0.5) is 20.7 Å². The minimum Gasteiger partial charge on any atom is -0.456 e. The van der Waals surface area contributed by atoms with Gasteiger partial charge in [0.15, 0.2) is 5.60 Å². The Labute approximate surface area is 255 Å². The Hall–Kier alpha value is -5.14. The normalized spacial score (nSPS) is 16.7. The minimum atomic E-state index is -0.920. The molecule has 7 heteroatoms. The maximum atomic E-state index is 13.4. The number of hydrogen-bond donors (Lipinski definition) is 2. The highest BCUT2D eigenvalue weighted by Crippen LogP contribution is 2.56. The van der Waals surface area contributed by atoms with Crippen LogP contribution in [-0.2, 0) is 21.7 Å². The van der Waals surface area contributed by atoms with Crippen LogP contribution in [-0.4, -0.2) is 12.7 Å². The lowest BCUT2D eigenvalue weighted by atomic mass is 9.77. The average Bonchev–Trinajstić information content (AvgIpc) is 3.61. The third-order valence-electron chi connectivity index (χ3n) is 8.48. The molecule has 0 aromatic heterocycles. The van der Waals surface area contributed by atoms with Gasteiger partial charge in [-0.3, -0.25) is 5.32 Å². The quantitative estimate of drug-likeness (QED) is 0.205. The predicted octanol–water partition coefficient (Wildman–Crippen LogP) is 9.30. The molecule has 2 heterocycles. The summed E-state index contributed by atoms with van der Waals surface area (Å²) < 4.78 is 31.9. The molecule has 3 aliphatic rings. The van der Waals surface area contributed by atoms with Gasteiger partial charge in [0.05, 0.1) is 12.3 Å². The topological polar surface area (TPSA) is 68.8 Å². The molecule has 1 aliphatic carbocycles. The SMILES string of the molecule is CC.O=C(Nc1ccc2c(c1)Oc1cc(NF)ccc1C21OCc2ccccc21)OCC1c2ccccc2-c2ccccc21. The molecule has 5 aromatic rings. The molecule has 0 saturated heterocycles. The van der Waals surface area contributed by atoms with E-state index in [2.05, 4.69) is 29.6 Å². The lowest BCUT2D eigenvalue weighted by molar-refractivity contribution is 0.0200. The van der Waals surface area contributed by atoms with E-state index in [-0.39, 0.29) is 18.2 Å². The van der Waals surface area contributed by atoms with E-state index in [0.29, 0.717) is 23.8 Å². The molecule has 0 fully saturated rings. The van der Waals surface area contributed by atoms with Gasteiger partial charge in [0.1, 0.15) is 18.1 Å². The van der Waals surface area contributed by atoms with Crippen molar-refractivity contribution in [3.63, 3.8) is 0 Å². The summed E-state index contributed by atoms with van der Waals surface area (Å²) in [6.45, 7) is 4.64. The fraction of sp³-hybridized carbons (Fsp3) is 0.162. The summed E-state index contributed by atoms with van der Waals surface area (Å²) in [6.07, 6.45) is -0.561. The van der Waals surface area contributed by atoms with E-state index in [4.69, 9.17) is 14.2 Å². The minimum absolute atomic E-state index is 0.0377. The molecule has 0 saturated carbocycles. The zero-order valence-corrected chi connectivity index (χ0v) is 24.4. The molecule has 1 atom stereocenters. The number of fused-ring (bicyclic) bond motifs is 9. The first-order chi connectivity index (χ1) is 21.7. The number of carbonyl (C=O) groups excluding carboxylic acids is 1. The Morgan fingerprint density at radius 3 is 2.07 bits per heavy atom. The molecule has 0 bridgehead atoms. The van der Waals surface area contributed by atoms with Crippen LogP contribution in [0.1, 0.15) is 53.1 Å². The second-order valence-electron chi connectivity index (χ2n) is 10.7. The van der Waals surface area contributed by atoms with E-state index in [1.165, 1.54) is 11.1 Å². The molecule has 44 heavy (non-hydrogen) atoms. The van der Waals surface area contributed by atoms with Crippen LogP contribution in [0, 0.1) is 0 Å². The zero-order valence-electron chi connectivity index (χ0n) is 24.4. The largest absolute Gasteiger partial charge is 0.456 e. The summed E-state index contributed by atoms with van der Waals surface area (Å²) in [5.41, 5.74) is 9.87. The van der Waals surface area contributed by atoms with Gasteiger partial charge in [-0.2, -0.15) is 0 Å². The second-order valence-corrected chi connectivity index (χ2v) is 10.7. The van der Waals surface area contributed by atoms with Gasteiger partial charge in [0.2, 0.25) is 0 Å². The van der Waals surface area contributed by atoms with E-state index in [1.54, 1.807) is 23.7 Å². The molecule has 6 nitrogen and oxygen atoms in total. The maximum Gasteiger partial charge on any atom is 0.411 e. The van der Waals surface area contributed by atoms with Crippen LogP contribution in [0.15, 0.2) is 109 Å². The summed E-state index contributed by atoms with van der Waals surface area (Å²) in [5.74, 6) is 0.941. The van der Waals surface area contributed by atoms with E-state index in [1.807, 2.05) is 80.6 Å². The molecule has 1 unspecified atom stereocenters. The lowest BCUT2D eigenvalue weighted by Crippen LogP contribution is -2.32. The van der Waals surface area contributed by atoms with E-state index < -0.39 is 11.7 Å². The molecule has 2 N–H and O–H groups in total. The molecule has 1 amide bonds. The molecular formula is C37H31FN2O4. The molecule has 5 aromatic carbocycles. The molecule has 8 rings (SSSR count). The van der Waals surface area contributed by atoms with Crippen molar-refractivity contribution in [2.45, 2.75) is 32.0 Å². The summed E-state index contributed by atoms with van der Waals surface area (Å²) in [6, 6.07) is 35.1. The van der Waals surface area contributed by atoms with Crippen LogP contribution < -0.4 is 15.6 Å². The van der Waals surface area contributed by atoms with Crippen LogP contribution in [0.3, 0.4) is 0 Å². The predicted molar refractivity (Wildman–Crippen MR) is 169 cm³/mol. The fourth-order valence-corrected chi connectivity index (χ4v) is 6.65. The van der Waals surface area contributed by atoms with Crippen molar-refractivity contribution in [1.82, 2.24) is 0 Å². The Bertz CT molecular complexity index is 1840. The number of hydrogen-bond acceptors (Lipinski definition) is 5. The fourth-order valence-electron chi connectivity index (χ4n) is 6.65. The van der Waals surface area contributed by atoms with Gasteiger partial charge >= 0.3 is 6.09 Å². The maximum absolute atomic E-state index is 13.4. The first-order valence-electron chi connectivity index (χ1n) is 14.8. The molecule has 0 radical (unpaired) electrons. The van der Waals surface area contributed by atoms with E-state index >= 15 is 0 Å². The molecular weight excluding hydrogens is 555 g/mol. The molecule has 220 valence electrons. The first-order valence-corrected chi connectivity index (χ1v) is 14.8. The number of carbonyl (C=O) groups is 1. The van der Waals surface area contributed by atoms with Gasteiger partial charge in [-0.15, -0.1) is 4.48 Å². The number of halogens is 1. The summed E-state index contributed by atoms with van der Waals surface area (Å²) in [5, 5.41) is 2.85. The highest BCUT2D eigenvalue weighted by atomic mass is 19.2. The number of nitrogens with one attached hydrogen (secondary N) is 2. The van der Waals surface area contributed by atoms with Crippen LogP contribution in [0.5, 0.6) is 11.5 Å².